The summed E-state index contributed by atoms with van der Waals surface area (Å²) in [6.07, 6.45) is 7.16. The van der Waals surface area contributed by atoms with Crippen molar-refractivity contribution < 1.29 is 14.3 Å². The molecule has 0 radical (unpaired) electrons. The zero-order valence-electron chi connectivity index (χ0n) is 16.5. The molecule has 3 N–H and O–H groups in total. The third-order valence-electron chi connectivity index (χ3n) is 6.68. The molecule has 4 bridgehead atoms. The van der Waals surface area contributed by atoms with Gasteiger partial charge in [-0.05, 0) is 68.4 Å². The number of hydrogen-bond donors (Lipinski definition) is 3. The number of carbonyl (C=O) groups excluding carboxylic acids is 2. The molecule has 3 amide bonds. The second kappa shape index (κ2) is 7.23. The van der Waals surface area contributed by atoms with Crippen molar-refractivity contribution in [3.05, 3.63) is 18.2 Å². The van der Waals surface area contributed by atoms with Gasteiger partial charge in [0.1, 0.15) is 5.75 Å². The molecule has 7 nitrogen and oxygen atoms in total. The number of thioether (sulfide) groups is 1. The zero-order chi connectivity index (χ0) is 20.0. The Balaban J connectivity index is 1.14. The van der Waals surface area contributed by atoms with Gasteiger partial charge in [0.2, 0.25) is 5.91 Å². The maximum atomic E-state index is 12.5. The smallest absolute Gasteiger partial charge is 0.321 e. The largest absolute Gasteiger partial charge is 0.497 e. The van der Waals surface area contributed by atoms with E-state index in [1.54, 1.807) is 7.11 Å². The molecule has 4 aliphatic rings. The van der Waals surface area contributed by atoms with Gasteiger partial charge < -0.3 is 15.0 Å². The first kappa shape index (κ1) is 18.8. The number of benzene rings is 1. The maximum absolute atomic E-state index is 12.5. The molecule has 6 rings (SSSR count). The summed E-state index contributed by atoms with van der Waals surface area (Å²) in [5.41, 5.74) is 1.57. The lowest BCUT2D eigenvalue weighted by molar-refractivity contribution is -0.117. The van der Waals surface area contributed by atoms with Crippen molar-refractivity contribution in [3.8, 4) is 5.75 Å². The lowest BCUT2D eigenvalue weighted by Crippen LogP contribution is -2.61. The molecule has 0 spiro atoms. The number of ether oxygens (including phenoxy) is 1. The number of aromatic nitrogens is 2. The Morgan fingerprint density at radius 1 is 1.21 bits per heavy atom. The van der Waals surface area contributed by atoms with Gasteiger partial charge in [-0.1, -0.05) is 11.8 Å². The SMILES string of the molecule is COc1ccc2nc(SCC(=O)NC(=O)NC34CC5CC(CC(C5)C3)C4)[nH]c2c1. The van der Waals surface area contributed by atoms with Crippen LogP contribution in [0.25, 0.3) is 11.0 Å². The van der Waals surface area contributed by atoms with Crippen molar-refractivity contribution in [1.82, 2.24) is 20.6 Å². The molecule has 0 unspecified atom stereocenters. The normalized spacial score (nSPS) is 29.8. The van der Waals surface area contributed by atoms with Crippen LogP contribution in [0.2, 0.25) is 0 Å². The standard InChI is InChI=1S/C21H26N4O3S/c1-28-15-2-3-16-17(7-15)23-20(22-16)29-11-18(26)24-19(27)25-21-8-12-4-13(9-21)6-14(5-12)10-21/h2-3,7,12-14H,4-6,8-11H2,1H3,(H,22,23)(H2,24,25,26,27). The molecule has 8 heteroatoms. The first-order valence-corrected chi connectivity index (χ1v) is 11.3. The second-order valence-corrected chi connectivity index (χ2v) is 9.88. The first-order chi connectivity index (χ1) is 14.0. The molecule has 0 saturated heterocycles. The fourth-order valence-corrected chi connectivity index (χ4v) is 6.68. The number of imidazole rings is 1. The van der Waals surface area contributed by atoms with Gasteiger partial charge in [-0.3, -0.25) is 10.1 Å². The summed E-state index contributed by atoms with van der Waals surface area (Å²) in [5, 5.41) is 6.32. The molecule has 2 aromatic rings. The molecular formula is C21H26N4O3S. The van der Waals surface area contributed by atoms with Gasteiger partial charge in [0.25, 0.3) is 0 Å². The highest BCUT2D eigenvalue weighted by Gasteiger charge is 2.51. The number of carbonyl (C=O) groups is 2. The van der Waals surface area contributed by atoms with Crippen LogP contribution in [0.5, 0.6) is 5.75 Å². The maximum Gasteiger partial charge on any atom is 0.321 e. The predicted octanol–water partition coefficient (Wildman–Crippen LogP) is 3.46. The van der Waals surface area contributed by atoms with Gasteiger partial charge in [-0.25, -0.2) is 9.78 Å². The number of methoxy groups -OCH3 is 1. The van der Waals surface area contributed by atoms with Gasteiger partial charge >= 0.3 is 6.03 Å². The minimum atomic E-state index is -0.355. The van der Waals surface area contributed by atoms with Gasteiger partial charge in [-0.2, -0.15) is 0 Å². The molecule has 29 heavy (non-hydrogen) atoms. The Morgan fingerprint density at radius 3 is 2.55 bits per heavy atom. The third kappa shape index (κ3) is 3.82. The number of imide groups is 1. The Hall–Kier alpha value is -2.22. The van der Waals surface area contributed by atoms with Crippen LogP contribution < -0.4 is 15.4 Å². The minimum Gasteiger partial charge on any atom is -0.497 e. The van der Waals surface area contributed by atoms with E-state index in [4.69, 9.17) is 4.74 Å². The highest BCUT2D eigenvalue weighted by atomic mass is 32.2. The van der Waals surface area contributed by atoms with Crippen LogP contribution in [-0.2, 0) is 4.79 Å². The van der Waals surface area contributed by atoms with Crippen molar-refractivity contribution in [1.29, 1.82) is 0 Å². The van der Waals surface area contributed by atoms with Crippen LogP contribution in [0.15, 0.2) is 23.4 Å². The molecule has 0 atom stereocenters. The third-order valence-corrected chi connectivity index (χ3v) is 7.55. The minimum absolute atomic E-state index is 0.0932. The summed E-state index contributed by atoms with van der Waals surface area (Å²) in [6.45, 7) is 0. The van der Waals surface area contributed by atoms with E-state index in [9.17, 15) is 9.59 Å². The predicted molar refractivity (Wildman–Crippen MR) is 111 cm³/mol. The van der Waals surface area contributed by atoms with E-state index in [0.717, 1.165) is 53.8 Å². The molecule has 1 heterocycles. The number of hydrogen-bond acceptors (Lipinski definition) is 5. The summed E-state index contributed by atoms with van der Waals surface area (Å²) < 4.78 is 5.21. The van der Waals surface area contributed by atoms with Gasteiger partial charge in [0.05, 0.1) is 23.9 Å². The highest BCUT2D eigenvalue weighted by molar-refractivity contribution is 7.99. The summed E-state index contributed by atoms with van der Waals surface area (Å²) in [4.78, 5) is 32.4. The summed E-state index contributed by atoms with van der Waals surface area (Å²) >= 11 is 1.28. The van der Waals surface area contributed by atoms with Crippen LogP contribution >= 0.6 is 11.8 Å². The average molecular weight is 415 g/mol. The number of H-pyrrole nitrogens is 1. The van der Waals surface area contributed by atoms with Gasteiger partial charge in [-0.15, -0.1) is 0 Å². The fourth-order valence-electron chi connectivity index (χ4n) is 5.99. The Morgan fingerprint density at radius 2 is 1.90 bits per heavy atom. The molecule has 4 fully saturated rings. The lowest BCUT2D eigenvalue weighted by Gasteiger charge is -2.56. The second-order valence-electron chi connectivity index (χ2n) is 8.91. The van der Waals surface area contributed by atoms with Crippen LogP contribution in [0.3, 0.4) is 0 Å². The molecule has 154 valence electrons. The molecule has 4 saturated carbocycles. The number of nitrogens with one attached hydrogen (secondary N) is 3. The number of urea groups is 1. The summed E-state index contributed by atoms with van der Waals surface area (Å²) in [5.74, 6) is 2.82. The Labute approximate surface area is 173 Å². The van der Waals surface area contributed by atoms with Gasteiger partial charge in [0.15, 0.2) is 5.16 Å². The van der Waals surface area contributed by atoms with E-state index >= 15 is 0 Å². The quantitative estimate of drug-likeness (QED) is 0.651. The lowest BCUT2D eigenvalue weighted by atomic mass is 9.53. The van der Waals surface area contributed by atoms with Crippen LogP contribution in [0.4, 0.5) is 4.79 Å². The van der Waals surface area contributed by atoms with Crippen LogP contribution in [0.1, 0.15) is 38.5 Å². The molecule has 0 aliphatic heterocycles. The van der Waals surface area contributed by atoms with E-state index < -0.39 is 0 Å². The van der Waals surface area contributed by atoms with Crippen LogP contribution in [-0.4, -0.2) is 40.3 Å². The summed E-state index contributed by atoms with van der Waals surface area (Å²) in [7, 11) is 1.62. The number of rotatable bonds is 5. The molecular weight excluding hydrogens is 388 g/mol. The van der Waals surface area contributed by atoms with E-state index in [2.05, 4.69) is 20.6 Å². The number of nitrogens with zero attached hydrogens (tertiary/aromatic N) is 1. The first-order valence-electron chi connectivity index (χ1n) is 10.3. The highest BCUT2D eigenvalue weighted by Crippen LogP contribution is 2.55. The Kier molecular flexibility index (Phi) is 4.69. The molecule has 4 aliphatic carbocycles. The van der Waals surface area contributed by atoms with Crippen molar-refractivity contribution in [2.45, 2.75) is 49.2 Å². The fraction of sp³-hybridized carbons (Fsp3) is 0.571. The van der Waals surface area contributed by atoms with Crippen molar-refractivity contribution in [2.24, 2.45) is 17.8 Å². The van der Waals surface area contributed by atoms with E-state index in [0.29, 0.717) is 5.16 Å². The van der Waals surface area contributed by atoms with E-state index in [1.165, 1.54) is 31.0 Å². The monoisotopic (exact) mass is 414 g/mol. The van der Waals surface area contributed by atoms with Crippen molar-refractivity contribution in [2.75, 3.05) is 12.9 Å². The Bertz CT molecular complexity index is 921. The number of fused-ring (bicyclic) bond motifs is 1. The molecule has 1 aromatic carbocycles. The number of amides is 3. The van der Waals surface area contributed by atoms with Crippen molar-refractivity contribution >= 4 is 34.7 Å². The molecule has 1 aromatic heterocycles. The van der Waals surface area contributed by atoms with Gasteiger partial charge in [0, 0.05) is 11.6 Å². The van der Waals surface area contributed by atoms with Crippen LogP contribution in [0, 0.1) is 17.8 Å². The topological polar surface area (TPSA) is 96.1 Å². The van der Waals surface area contributed by atoms with E-state index in [1.807, 2.05) is 18.2 Å². The number of aromatic amines is 1. The average Bonchev–Trinajstić information content (AvgIpc) is 3.06. The summed E-state index contributed by atoms with van der Waals surface area (Å²) in [6, 6.07) is 5.23. The van der Waals surface area contributed by atoms with Crippen molar-refractivity contribution in [3.63, 3.8) is 0 Å². The van der Waals surface area contributed by atoms with E-state index in [-0.39, 0.29) is 23.2 Å². The zero-order valence-corrected chi connectivity index (χ0v) is 17.3.